The van der Waals surface area contributed by atoms with Crippen LogP contribution in [0.1, 0.15) is 45.8 Å². The van der Waals surface area contributed by atoms with E-state index in [2.05, 4.69) is 29.2 Å². The molecule has 2 saturated heterocycles. The van der Waals surface area contributed by atoms with Crippen LogP contribution in [-0.2, 0) is 17.9 Å². The van der Waals surface area contributed by atoms with Crippen LogP contribution in [0.4, 0.5) is 0 Å². The summed E-state index contributed by atoms with van der Waals surface area (Å²) in [5.41, 5.74) is 3.27. The molecule has 36 heavy (non-hydrogen) atoms. The van der Waals surface area contributed by atoms with E-state index in [0.29, 0.717) is 18.7 Å². The van der Waals surface area contributed by atoms with Crippen molar-refractivity contribution in [3.8, 4) is 5.75 Å². The molecular formula is C30H32N2O4. The van der Waals surface area contributed by atoms with E-state index in [-0.39, 0.29) is 11.8 Å². The summed E-state index contributed by atoms with van der Waals surface area (Å²) in [4.78, 5) is 29.6. The number of ether oxygens (including phenoxy) is 1. The molecule has 3 aromatic rings. The molecule has 1 atom stereocenters. The number of hydrogen-bond donors (Lipinski definition) is 1. The quantitative estimate of drug-likeness (QED) is 0.522. The zero-order valence-electron chi connectivity index (χ0n) is 20.6. The van der Waals surface area contributed by atoms with Gasteiger partial charge in [0.15, 0.2) is 0 Å². The average Bonchev–Trinajstić information content (AvgIpc) is 3.17. The number of benzene rings is 3. The van der Waals surface area contributed by atoms with E-state index < -0.39 is 11.4 Å². The molecule has 0 aromatic heterocycles. The standard InChI is InChI=1S/C30H32N2O4/c1-36-26-9-5-8-25(18-26)27-21-32(20-22-6-3-2-4-7-22)29(35)30(27)14-16-31(17-15-30)19-23-10-12-24(13-11-23)28(33)34/h2-13,18,27H,14-17,19-21H2,1H3,(H,33,34). The third-order valence-corrected chi connectivity index (χ3v) is 7.85. The van der Waals surface area contributed by atoms with Crippen LogP contribution in [0.2, 0.25) is 0 Å². The molecule has 1 spiro atoms. The molecule has 2 fully saturated rings. The van der Waals surface area contributed by atoms with Gasteiger partial charge >= 0.3 is 5.97 Å². The Morgan fingerprint density at radius 1 is 0.944 bits per heavy atom. The Hall–Kier alpha value is -3.64. The molecule has 1 unspecified atom stereocenters. The minimum atomic E-state index is -0.912. The van der Waals surface area contributed by atoms with E-state index in [0.717, 1.165) is 54.9 Å². The number of carbonyl (C=O) groups excluding carboxylic acids is 1. The van der Waals surface area contributed by atoms with Gasteiger partial charge < -0.3 is 14.7 Å². The fourth-order valence-electron chi connectivity index (χ4n) is 5.85. The minimum Gasteiger partial charge on any atom is -0.497 e. The second-order valence-electron chi connectivity index (χ2n) is 9.93. The van der Waals surface area contributed by atoms with Gasteiger partial charge in [-0.15, -0.1) is 0 Å². The van der Waals surface area contributed by atoms with E-state index >= 15 is 0 Å². The highest BCUT2D eigenvalue weighted by atomic mass is 16.5. The van der Waals surface area contributed by atoms with Crippen molar-refractivity contribution in [2.75, 3.05) is 26.7 Å². The number of rotatable bonds is 7. The molecule has 6 heteroatoms. The fraction of sp³-hybridized carbons (Fsp3) is 0.333. The second-order valence-corrected chi connectivity index (χ2v) is 9.93. The molecule has 2 heterocycles. The molecule has 6 nitrogen and oxygen atoms in total. The van der Waals surface area contributed by atoms with Crippen molar-refractivity contribution in [1.29, 1.82) is 0 Å². The highest BCUT2D eigenvalue weighted by Crippen LogP contribution is 2.51. The number of carboxylic acid groups (broad SMARTS) is 1. The lowest BCUT2D eigenvalue weighted by Gasteiger charge is -2.41. The Morgan fingerprint density at radius 2 is 1.64 bits per heavy atom. The lowest BCUT2D eigenvalue weighted by Crippen LogP contribution is -2.46. The van der Waals surface area contributed by atoms with E-state index in [1.165, 1.54) is 0 Å². The van der Waals surface area contributed by atoms with Crippen LogP contribution in [0.3, 0.4) is 0 Å². The van der Waals surface area contributed by atoms with Gasteiger partial charge in [0.2, 0.25) is 5.91 Å². The first-order valence-electron chi connectivity index (χ1n) is 12.5. The van der Waals surface area contributed by atoms with Crippen molar-refractivity contribution in [1.82, 2.24) is 9.80 Å². The molecule has 5 rings (SSSR count). The maximum Gasteiger partial charge on any atom is 0.335 e. The predicted octanol–water partition coefficient (Wildman–Crippen LogP) is 4.80. The zero-order chi connectivity index (χ0) is 25.1. The third kappa shape index (κ3) is 4.73. The van der Waals surface area contributed by atoms with Crippen molar-refractivity contribution >= 4 is 11.9 Å². The van der Waals surface area contributed by atoms with Crippen molar-refractivity contribution in [2.24, 2.45) is 5.41 Å². The van der Waals surface area contributed by atoms with Gasteiger partial charge in [-0.1, -0.05) is 54.6 Å². The van der Waals surface area contributed by atoms with E-state index in [9.17, 15) is 9.59 Å². The van der Waals surface area contributed by atoms with Gasteiger partial charge in [-0.05, 0) is 66.9 Å². The Labute approximate surface area is 212 Å². The largest absolute Gasteiger partial charge is 0.497 e. The summed E-state index contributed by atoms with van der Waals surface area (Å²) >= 11 is 0. The Bertz CT molecular complexity index is 1220. The van der Waals surface area contributed by atoms with Crippen molar-refractivity contribution in [3.05, 3.63) is 101 Å². The number of carbonyl (C=O) groups is 2. The molecule has 2 aliphatic rings. The monoisotopic (exact) mass is 484 g/mol. The normalized spacial score (nSPS) is 19.5. The van der Waals surface area contributed by atoms with Crippen molar-refractivity contribution < 1.29 is 19.4 Å². The minimum absolute atomic E-state index is 0.112. The molecule has 1 amide bonds. The van der Waals surface area contributed by atoms with Crippen LogP contribution in [-0.4, -0.2) is 53.5 Å². The van der Waals surface area contributed by atoms with Gasteiger partial charge in [0.05, 0.1) is 18.1 Å². The first kappa shape index (κ1) is 24.1. The third-order valence-electron chi connectivity index (χ3n) is 7.85. The Kier molecular flexibility index (Phi) is 6.79. The first-order chi connectivity index (χ1) is 17.5. The summed E-state index contributed by atoms with van der Waals surface area (Å²) < 4.78 is 5.50. The highest BCUT2D eigenvalue weighted by Gasteiger charge is 2.55. The molecular weight excluding hydrogens is 452 g/mol. The summed E-state index contributed by atoms with van der Waals surface area (Å²) in [5.74, 6) is 0.272. The van der Waals surface area contributed by atoms with E-state index in [4.69, 9.17) is 9.84 Å². The van der Waals surface area contributed by atoms with Crippen LogP contribution >= 0.6 is 0 Å². The second kappa shape index (κ2) is 10.2. The number of likely N-dealkylation sites (tertiary alicyclic amines) is 2. The van der Waals surface area contributed by atoms with Gasteiger partial charge in [-0.2, -0.15) is 0 Å². The SMILES string of the molecule is COc1cccc(C2CN(Cc3ccccc3)C(=O)C23CCN(Cc2ccc(C(=O)O)cc2)CC3)c1. The molecule has 0 bridgehead atoms. The molecule has 186 valence electrons. The van der Waals surface area contributed by atoms with Crippen LogP contribution in [0, 0.1) is 5.41 Å². The first-order valence-corrected chi connectivity index (χ1v) is 12.5. The van der Waals surface area contributed by atoms with Gasteiger partial charge in [0.25, 0.3) is 0 Å². The van der Waals surface area contributed by atoms with Crippen molar-refractivity contribution in [3.63, 3.8) is 0 Å². The molecule has 0 aliphatic carbocycles. The summed E-state index contributed by atoms with van der Waals surface area (Å²) in [6, 6.07) is 25.5. The number of methoxy groups -OCH3 is 1. The van der Waals surface area contributed by atoms with Gasteiger partial charge in [-0.3, -0.25) is 9.69 Å². The molecule has 2 aliphatic heterocycles. The number of piperidine rings is 1. The maximum absolute atomic E-state index is 14.0. The molecule has 1 N–H and O–H groups in total. The number of aromatic carboxylic acids is 1. The van der Waals surface area contributed by atoms with Crippen LogP contribution < -0.4 is 4.74 Å². The van der Waals surface area contributed by atoms with Gasteiger partial charge in [-0.25, -0.2) is 4.79 Å². The summed E-state index contributed by atoms with van der Waals surface area (Å²) in [7, 11) is 1.68. The predicted molar refractivity (Wildman–Crippen MR) is 138 cm³/mol. The average molecular weight is 485 g/mol. The lowest BCUT2D eigenvalue weighted by molar-refractivity contribution is -0.139. The van der Waals surface area contributed by atoms with Gasteiger partial charge in [0, 0.05) is 25.6 Å². The fourth-order valence-corrected chi connectivity index (χ4v) is 5.85. The van der Waals surface area contributed by atoms with E-state index in [1.54, 1.807) is 19.2 Å². The summed E-state index contributed by atoms with van der Waals surface area (Å²) in [6.45, 7) is 3.74. The van der Waals surface area contributed by atoms with Crippen LogP contribution in [0.25, 0.3) is 0 Å². The smallest absolute Gasteiger partial charge is 0.335 e. The highest BCUT2D eigenvalue weighted by molar-refractivity contribution is 5.87. The topological polar surface area (TPSA) is 70.1 Å². The number of amides is 1. The Morgan fingerprint density at radius 3 is 2.31 bits per heavy atom. The zero-order valence-corrected chi connectivity index (χ0v) is 20.6. The molecule has 0 saturated carbocycles. The molecule has 3 aromatic carbocycles. The maximum atomic E-state index is 14.0. The number of nitrogens with zero attached hydrogens (tertiary/aromatic N) is 2. The van der Waals surface area contributed by atoms with Crippen molar-refractivity contribution in [2.45, 2.75) is 31.8 Å². The number of hydrogen-bond acceptors (Lipinski definition) is 4. The van der Waals surface area contributed by atoms with Gasteiger partial charge in [0.1, 0.15) is 5.75 Å². The summed E-state index contributed by atoms with van der Waals surface area (Å²) in [5, 5.41) is 9.15. The summed E-state index contributed by atoms with van der Waals surface area (Å²) in [6.07, 6.45) is 1.60. The number of carboxylic acids is 1. The Balaban J connectivity index is 1.36. The van der Waals surface area contributed by atoms with E-state index in [1.807, 2.05) is 47.4 Å². The molecule has 0 radical (unpaired) electrons. The lowest BCUT2D eigenvalue weighted by atomic mass is 9.68. The van der Waals surface area contributed by atoms with Crippen LogP contribution in [0.5, 0.6) is 5.75 Å². The van der Waals surface area contributed by atoms with Crippen LogP contribution in [0.15, 0.2) is 78.9 Å².